The van der Waals surface area contributed by atoms with Crippen molar-refractivity contribution in [3.05, 3.63) is 70.2 Å². The zero-order valence-electron chi connectivity index (χ0n) is 11.8. The van der Waals surface area contributed by atoms with E-state index in [1.807, 2.05) is 67.4 Å². The van der Waals surface area contributed by atoms with Gasteiger partial charge in [-0.1, -0.05) is 59.6 Å². The van der Waals surface area contributed by atoms with E-state index in [2.05, 4.69) is 0 Å². The molecule has 0 aliphatic rings. The second kappa shape index (κ2) is 6.69. The monoisotopic (exact) mass is 287 g/mol. The molecule has 0 heterocycles. The molecular weight excluding hydrogens is 270 g/mol. The Hall–Kier alpha value is -1.64. The number of Topliss-reactive ketones (excluding diaryl/α,β-unsaturated/α-hetero) is 1. The zero-order valence-corrected chi connectivity index (χ0v) is 12.5. The van der Waals surface area contributed by atoms with Crippen molar-refractivity contribution in [3.63, 3.8) is 0 Å². The molecule has 0 spiro atoms. The van der Waals surface area contributed by atoms with Crippen LogP contribution < -0.4 is 0 Å². The van der Waals surface area contributed by atoms with Crippen LogP contribution in [-0.2, 0) is 6.54 Å². The van der Waals surface area contributed by atoms with Crippen molar-refractivity contribution in [1.29, 1.82) is 0 Å². The molecule has 104 valence electrons. The standard InChI is InChI=1S/C17H18ClNO/c1-13-7-9-14(10-8-13)17(20)12-19(2)11-15-5-3-4-6-16(15)18/h3-10H,11-12H2,1-2H3. The van der Waals surface area contributed by atoms with Crippen molar-refractivity contribution in [2.45, 2.75) is 13.5 Å². The highest BCUT2D eigenvalue weighted by atomic mass is 35.5. The van der Waals surface area contributed by atoms with Gasteiger partial charge < -0.3 is 0 Å². The van der Waals surface area contributed by atoms with Gasteiger partial charge in [0.15, 0.2) is 5.78 Å². The molecule has 20 heavy (non-hydrogen) atoms. The summed E-state index contributed by atoms with van der Waals surface area (Å²) in [7, 11) is 1.93. The maximum absolute atomic E-state index is 12.2. The quantitative estimate of drug-likeness (QED) is 0.776. The van der Waals surface area contributed by atoms with Gasteiger partial charge in [-0.25, -0.2) is 0 Å². The molecule has 2 rings (SSSR count). The molecule has 0 amide bonds. The third kappa shape index (κ3) is 3.92. The van der Waals surface area contributed by atoms with Crippen LogP contribution in [-0.4, -0.2) is 24.3 Å². The average Bonchev–Trinajstić information content (AvgIpc) is 2.42. The lowest BCUT2D eigenvalue weighted by Crippen LogP contribution is -2.25. The summed E-state index contributed by atoms with van der Waals surface area (Å²) >= 11 is 6.13. The highest BCUT2D eigenvalue weighted by molar-refractivity contribution is 6.31. The van der Waals surface area contributed by atoms with Crippen LogP contribution in [0.2, 0.25) is 5.02 Å². The molecule has 0 radical (unpaired) electrons. The Morgan fingerprint density at radius 1 is 1.10 bits per heavy atom. The molecule has 2 aromatic rings. The Kier molecular flexibility index (Phi) is 4.94. The van der Waals surface area contributed by atoms with E-state index >= 15 is 0 Å². The molecule has 2 aromatic carbocycles. The summed E-state index contributed by atoms with van der Waals surface area (Å²) in [5.74, 6) is 0.125. The smallest absolute Gasteiger partial charge is 0.176 e. The summed E-state index contributed by atoms with van der Waals surface area (Å²) in [6.45, 7) is 3.06. The number of ketones is 1. The van der Waals surface area contributed by atoms with E-state index in [1.165, 1.54) is 0 Å². The minimum absolute atomic E-state index is 0.125. The van der Waals surface area contributed by atoms with Gasteiger partial charge in [-0.15, -0.1) is 0 Å². The molecule has 0 N–H and O–H groups in total. The summed E-state index contributed by atoms with van der Waals surface area (Å²) < 4.78 is 0. The summed E-state index contributed by atoms with van der Waals surface area (Å²) in [6.07, 6.45) is 0. The summed E-state index contributed by atoms with van der Waals surface area (Å²) in [4.78, 5) is 14.1. The van der Waals surface area contributed by atoms with Crippen LogP contribution in [0.5, 0.6) is 0 Å². The number of hydrogen-bond donors (Lipinski definition) is 0. The highest BCUT2D eigenvalue weighted by Gasteiger charge is 2.10. The molecular formula is C17H18ClNO. The number of nitrogens with zero attached hydrogens (tertiary/aromatic N) is 1. The first-order chi connectivity index (χ1) is 9.56. The number of hydrogen-bond acceptors (Lipinski definition) is 2. The minimum Gasteiger partial charge on any atom is -0.295 e. The minimum atomic E-state index is 0.125. The maximum atomic E-state index is 12.2. The van der Waals surface area contributed by atoms with Crippen molar-refractivity contribution in [1.82, 2.24) is 4.90 Å². The molecule has 0 aliphatic heterocycles. The molecule has 3 heteroatoms. The fraction of sp³-hybridized carbons (Fsp3) is 0.235. The van der Waals surface area contributed by atoms with Gasteiger partial charge >= 0.3 is 0 Å². The lowest BCUT2D eigenvalue weighted by atomic mass is 10.1. The second-order valence-corrected chi connectivity index (χ2v) is 5.46. The molecule has 0 bridgehead atoms. The van der Waals surface area contributed by atoms with E-state index in [1.54, 1.807) is 0 Å². The van der Waals surface area contributed by atoms with E-state index in [0.29, 0.717) is 13.1 Å². The van der Waals surface area contributed by atoms with Gasteiger partial charge in [-0.3, -0.25) is 9.69 Å². The van der Waals surface area contributed by atoms with E-state index < -0.39 is 0 Å². The molecule has 0 saturated carbocycles. The SMILES string of the molecule is Cc1ccc(C(=O)CN(C)Cc2ccccc2Cl)cc1. The van der Waals surface area contributed by atoms with E-state index in [0.717, 1.165) is 21.7 Å². The number of likely N-dealkylation sites (N-methyl/N-ethyl adjacent to an activating group) is 1. The Labute approximate surface area is 125 Å². The average molecular weight is 288 g/mol. The van der Waals surface area contributed by atoms with Crippen molar-refractivity contribution in [2.75, 3.05) is 13.6 Å². The van der Waals surface area contributed by atoms with Crippen LogP contribution in [0.1, 0.15) is 21.5 Å². The molecule has 0 saturated heterocycles. The molecule has 0 aromatic heterocycles. The molecule has 0 atom stereocenters. The lowest BCUT2D eigenvalue weighted by molar-refractivity contribution is 0.0943. The largest absolute Gasteiger partial charge is 0.295 e. The highest BCUT2D eigenvalue weighted by Crippen LogP contribution is 2.16. The molecule has 0 unspecified atom stereocenters. The van der Waals surface area contributed by atoms with Gasteiger partial charge in [-0.05, 0) is 25.6 Å². The van der Waals surface area contributed by atoms with Crippen LogP contribution in [0.4, 0.5) is 0 Å². The van der Waals surface area contributed by atoms with Crippen LogP contribution in [0, 0.1) is 6.92 Å². The normalized spacial score (nSPS) is 10.8. The summed E-state index contributed by atoms with van der Waals surface area (Å²) in [5, 5.41) is 0.738. The van der Waals surface area contributed by atoms with Crippen LogP contribution in [0.15, 0.2) is 48.5 Å². The van der Waals surface area contributed by atoms with Crippen LogP contribution in [0.25, 0.3) is 0 Å². The Balaban J connectivity index is 1.98. The van der Waals surface area contributed by atoms with Gasteiger partial charge in [0.25, 0.3) is 0 Å². The Morgan fingerprint density at radius 2 is 1.75 bits per heavy atom. The van der Waals surface area contributed by atoms with Crippen LogP contribution >= 0.6 is 11.6 Å². The first-order valence-corrected chi connectivity index (χ1v) is 6.96. The van der Waals surface area contributed by atoms with Crippen LogP contribution in [0.3, 0.4) is 0 Å². The second-order valence-electron chi connectivity index (χ2n) is 5.05. The van der Waals surface area contributed by atoms with Gasteiger partial charge in [0.2, 0.25) is 0 Å². The third-order valence-electron chi connectivity index (χ3n) is 3.19. The Bertz CT molecular complexity index is 592. The number of aryl methyl sites for hydroxylation is 1. The summed E-state index contributed by atoms with van der Waals surface area (Å²) in [6, 6.07) is 15.4. The molecule has 0 fully saturated rings. The van der Waals surface area contributed by atoms with E-state index in [9.17, 15) is 4.79 Å². The number of rotatable bonds is 5. The number of carbonyl (C=O) groups excluding carboxylic acids is 1. The maximum Gasteiger partial charge on any atom is 0.176 e. The summed E-state index contributed by atoms with van der Waals surface area (Å²) in [5.41, 5.74) is 2.95. The zero-order chi connectivity index (χ0) is 14.5. The lowest BCUT2D eigenvalue weighted by Gasteiger charge is -2.16. The van der Waals surface area contributed by atoms with Crippen molar-refractivity contribution >= 4 is 17.4 Å². The van der Waals surface area contributed by atoms with Gasteiger partial charge in [0, 0.05) is 17.1 Å². The molecule has 2 nitrogen and oxygen atoms in total. The fourth-order valence-corrected chi connectivity index (χ4v) is 2.24. The fourth-order valence-electron chi connectivity index (χ4n) is 2.05. The predicted molar refractivity (Wildman–Crippen MR) is 83.3 cm³/mol. The first-order valence-electron chi connectivity index (χ1n) is 6.58. The topological polar surface area (TPSA) is 20.3 Å². The van der Waals surface area contributed by atoms with Crippen molar-refractivity contribution in [3.8, 4) is 0 Å². The van der Waals surface area contributed by atoms with Crippen molar-refractivity contribution in [2.24, 2.45) is 0 Å². The number of carbonyl (C=O) groups is 1. The first kappa shape index (κ1) is 14.8. The third-order valence-corrected chi connectivity index (χ3v) is 3.55. The van der Waals surface area contributed by atoms with Gasteiger partial charge in [-0.2, -0.15) is 0 Å². The van der Waals surface area contributed by atoms with E-state index in [-0.39, 0.29) is 5.78 Å². The number of benzene rings is 2. The van der Waals surface area contributed by atoms with Crippen molar-refractivity contribution < 1.29 is 4.79 Å². The van der Waals surface area contributed by atoms with Gasteiger partial charge in [0.05, 0.1) is 6.54 Å². The number of halogens is 1. The predicted octanol–water partition coefficient (Wildman–Crippen LogP) is 3.96. The molecule has 0 aliphatic carbocycles. The van der Waals surface area contributed by atoms with Gasteiger partial charge in [0.1, 0.15) is 0 Å². The Morgan fingerprint density at radius 3 is 2.40 bits per heavy atom. The van der Waals surface area contributed by atoms with E-state index in [4.69, 9.17) is 11.6 Å².